The minimum Gasteiger partial charge on any atom is -0.312 e. The molecule has 3 aromatic carbocycles. The number of aryl methyl sites for hydroxylation is 5. The van der Waals surface area contributed by atoms with Crippen molar-refractivity contribution in [2.45, 2.75) is 70.6 Å². The topological polar surface area (TPSA) is 90.3 Å². The predicted molar refractivity (Wildman–Crippen MR) is 152 cm³/mol. The van der Waals surface area contributed by atoms with Crippen LogP contribution in [0.15, 0.2) is 59.5 Å². The second-order valence-electron chi connectivity index (χ2n) is 9.71. The summed E-state index contributed by atoms with van der Waals surface area (Å²) < 4.78 is 30.0. The van der Waals surface area contributed by atoms with Crippen molar-refractivity contribution in [1.29, 1.82) is 5.26 Å². The van der Waals surface area contributed by atoms with Gasteiger partial charge in [0.2, 0.25) is 5.91 Å². The van der Waals surface area contributed by atoms with Gasteiger partial charge in [-0.1, -0.05) is 45.0 Å². The molecule has 3 aromatic rings. The molecule has 0 unspecified atom stereocenters. The summed E-state index contributed by atoms with van der Waals surface area (Å²) in [7, 11) is -3.78. The van der Waals surface area contributed by atoms with Gasteiger partial charge in [-0.15, -0.1) is 0 Å². The minimum atomic E-state index is -3.78. The second-order valence-corrected chi connectivity index (χ2v) is 11.3. The third-order valence-electron chi connectivity index (χ3n) is 7.20. The van der Waals surface area contributed by atoms with Gasteiger partial charge >= 0.3 is 0 Å². The zero-order valence-electron chi connectivity index (χ0n) is 22.4. The van der Waals surface area contributed by atoms with Crippen LogP contribution in [0, 0.1) is 11.3 Å². The molecule has 1 heterocycles. The first-order valence-electron chi connectivity index (χ1n) is 13.4. The zero-order valence-corrected chi connectivity index (χ0v) is 23.2. The first-order valence-corrected chi connectivity index (χ1v) is 14.9. The second kappa shape index (κ2) is 11.8. The molecular weight excluding hydrogens is 494 g/mol. The molecule has 0 atom stereocenters. The molecule has 1 aliphatic rings. The molecule has 0 radical (unpaired) electrons. The summed E-state index contributed by atoms with van der Waals surface area (Å²) in [5.41, 5.74) is 6.78. The van der Waals surface area contributed by atoms with Gasteiger partial charge in [-0.05, 0) is 96.7 Å². The molecule has 4 rings (SSSR count). The number of carbonyl (C=O) groups excluding carboxylic acids is 1. The summed E-state index contributed by atoms with van der Waals surface area (Å²) in [6.07, 6.45) is 4.72. The molecule has 0 saturated carbocycles. The molecule has 1 N–H and O–H groups in total. The number of hydrogen-bond acceptors (Lipinski definition) is 4. The lowest BCUT2D eigenvalue weighted by molar-refractivity contribution is -0.118. The van der Waals surface area contributed by atoms with Gasteiger partial charge in [-0.3, -0.25) is 9.52 Å². The fraction of sp³-hybridized carbons (Fsp3) is 0.355. The highest BCUT2D eigenvalue weighted by atomic mass is 32.2. The third kappa shape index (κ3) is 5.92. The maximum Gasteiger partial charge on any atom is 0.262 e. The lowest BCUT2D eigenvalue weighted by Gasteiger charge is -2.30. The van der Waals surface area contributed by atoms with Crippen molar-refractivity contribution >= 4 is 27.3 Å². The minimum absolute atomic E-state index is 0.0415. The van der Waals surface area contributed by atoms with Gasteiger partial charge in [0.25, 0.3) is 10.0 Å². The summed E-state index contributed by atoms with van der Waals surface area (Å²) >= 11 is 0. The van der Waals surface area contributed by atoms with Crippen LogP contribution in [0.5, 0.6) is 0 Å². The largest absolute Gasteiger partial charge is 0.312 e. The van der Waals surface area contributed by atoms with Crippen molar-refractivity contribution in [3.8, 4) is 6.07 Å². The van der Waals surface area contributed by atoms with Crippen LogP contribution in [0.3, 0.4) is 0 Å². The van der Waals surface area contributed by atoms with Gasteiger partial charge in [0.15, 0.2) is 0 Å². The number of nitrogens with one attached hydrogen (secondary N) is 1. The van der Waals surface area contributed by atoms with E-state index in [1.807, 2.05) is 55.1 Å². The van der Waals surface area contributed by atoms with Gasteiger partial charge in [0, 0.05) is 24.3 Å². The summed E-state index contributed by atoms with van der Waals surface area (Å²) in [5, 5.41) is 8.97. The standard InChI is InChI=1S/C31H35N3O3S/c1-4-22-18-25(5-2)31(26(6-3)19-22)38(36,37)33-28-14-15-29-27(20-28)8-7-17-34(29)30(35)16-13-23-9-11-24(21-32)12-10-23/h9-12,14-15,18-20,33H,4-8,13,16-17H2,1-3H3. The Hall–Kier alpha value is -3.63. The molecule has 0 aliphatic carbocycles. The molecule has 0 bridgehead atoms. The molecular formula is C31H35N3O3S. The number of nitriles is 1. The Morgan fingerprint density at radius 1 is 0.947 bits per heavy atom. The van der Waals surface area contributed by atoms with Crippen LogP contribution >= 0.6 is 0 Å². The van der Waals surface area contributed by atoms with E-state index in [1.165, 1.54) is 0 Å². The Bertz CT molecular complexity index is 1450. The van der Waals surface area contributed by atoms with E-state index in [4.69, 9.17) is 5.26 Å². The Labute approximate surface area is 226 Å². The average molecular weight is 530 g/mol. The highest BCUT2D eigenvalue weighted by Crippen LogP contribution is 2.32. The Morgan fingerprint density at radius 3 is 2.24 bits per heavy atom. The van der Waals surface area contributed by atoms with Gasteiger partial charge < -0.3 is 4.90 Å². The van der Waals surface area contributed by atoms with Crippen LogP contribution in [0.2, 0.25) is 0 Å². The monoisotopic (exact) mass is 529 g/mol. The number of amides is 1. The molecule has 6 nitrogen and oxygen atoms in total. The van der Waals surface area contributed by atoms with E-state index in [1.54, 1.807) is 18.2 Å². The van der Waals surface area contributed by atoms with Crippen molar-refractivity contribution in [3.05, 3.63) is 88.0 Å². The third-order valence-corrected chi connectivity index (χ3v) is 8.77. The number of benzene rings is 3. The first kappa shape index (κ1) is 27.4. The van der Waals surface area contributed by atoms with Crippen LogP contribution in [0.25, 0.3) is 0 Å². The summed E-state index contributed by atoms with van der Waals surface area (Å²) in [6, 6.07) is 18.9. The van der Waals surface area contributed by atoms with Crippen molar-refractivity contribution in [2.75, 3.05) is 16.2 Å². The van der Waals surface area contributed by atoms with E-state index >= 15 is 0 Å². The zero-order chi connectivity index (χ0) is 27.3. The van der Waals surface area contributed by atoms with E-state index in [0.717, 1.165) is 52.8 Å². The first-order chi connectivity index (χ1) is 18.3. The predicted octanol–water partition coefficient (Wildman–Crippen LogP) is 5.96. The maximum atomic E-state index is 13.6. The number of hydrogen-bond donors (Lipinski definition) is 1. The number of sulfonamides is 1. The Kier molecular flexibility index (Phi) is 8.53. The summed E-state index contributed by atoms with van der Waals surface area (Å²) in [6.45, 7) is 6.70. The van der Waals surface area contributed by atoms with Crippen molar-refractivity contribution in [1.82, 2.24) is 0 Å². The van der Waals surface area contributed by atoms with Crippen LogP contribution in [-0.2, 0) is 46.9 Å². The number of rotatable bonds is 9. The molecule has 1 amide bonds. The van der Waals surface area contributed by atoms with Crippen LogP contribution < -0.4 is 9.62 Å². The van der Waals surface area contributed by atoms with E-state index in [2.05, 4.69) is 17.7 Å². The quantitative estimate of drug-likeness (QED) is 0.370. The van der Waals surface area contributed by atoms with Crippen LogP contribution in [-0.4, -0.2) is 20.9 Å². The molecule has 198 valence electrons. The molecule has 0 fully saturated rings. The summed E-state index contributed by atoms with van der Waals surface area (Å²) in [5.74, 6) is 0.0415. The van der Waals surface area contributed by atoms with Crippen molar-refractivity contribution in [3.63, 3.8) is 0 Å². The maximum absolute atomic E-state index is 13.6. The fourth-order valence-electron chi connectivity index (χ4n) is 5.16. The van der Waals surface area contributed by atoms with Crippen LogP contribution in [0.1, 0.15) is 67.0 Å². The molecule has 0 saturated heterocycles. The highest BCUT2D eigenvalue weighted by Gasteiger charge is 2.25. The molecule has 0 aromatic heterocycles. The number of fused-ring (bicyclic) bond motifs is 1. The van der Waals surface area contributed by atoms with E-state index in [9.17, 15) is 13.2 Å². The molecule has 38 heavy (non-hydrogen) atoms. The molecule has 1 aliphatic heterocycles. The normalized spacial score (nSPS) is 13.1. The Balaban J connectivity index is 1.53. The van der Waals surface area contributed by atoms with Crippen molar-refractivity contribution in [2.24, 2.45) is 0 Å². The molecule has 0 spiro atoms. The molecule has 7 heteroatoms. The van der Waals surface area contributed by atoms with Gasteiger partial charge in [-0.2, -0.15) is 5.26 Å². The Morgan fingerprint density at radius 2 is 1.63 bits per heavy atom. The van der Waals surface area contributed by atoms with E-state index in [-0.39, 0.29) is 5.91 Å². The van der Waals surface area contributed by atoms with E-state index in [0.29, 0.717) is 48.4 Å². The van der Waals surface area contributed by atoms with Crippen LogP contribution in [0.4, 0.5) is 11.4 Å². The van der Waals surface area contributed by atoms with E-state index < -0.39 is 10.0 Å². The highest BCUT2D eigenvalue weighted by molar-refractivity contribution is 7.92. The average Bonchev–Trinajstić information content (AvgIpc) is 2.94. The SMILES string of the molecule is CCc1cc(CC)c(S(=O)(=O)Nc2ccc3c(c2)CCCN3C(=O)CCc2ccc(C#N)cc2)c(CC)c1. The van der Waals surface area contributed by atoms with Gasteiger partial charge in [0.05, 0.1) is 16.5 Å². The summed E-state index contributed by atoms with van der Waals surface area (Å²) in [4.78, 5) is 15.3. The number of carbonyl (C=O) groups is 1. The van der Waals surface area contributed by atoms with Crippen molar-refractivity contribution < 1.29 is 13.2 Å². The van der Waals surface area contributed by atoms with Gasteiger partial charge in [0.1, 0.15) is 0 Å². The smallest absolute Gasteiger partial charge is 0.262 e. The fourth-order valence-corrected chi connectivity index (χ4v) is 6.80. The lowest BCUT2D eigenvalue weighted by Crippen LogP contribution is -2.35. The lowest BCUT2D eigenvalue weighted by atomic mass is 10.00. The number of nitrogens with zero attached hydrogens (tertiary/aromatic N) is 2. The number of anilines is 2. The van der Waals surface area contributed by atoms with Gasteiger partial charge in [-0.25, -0.2) is 8.42 Å².